The lowest BCUT2D eigenvalue weighted by molar-refractivity contribution is -0.385. The van der Waals surface area contributed by atoms with Crippen LogP contribution in [0.3, 0.4) is 0 Å². The molecule has 1 heterocycles. The topological polar surface area (TPSA) is 101 Å². The SMILES string of the molecule is Cc1csc(NN=Cc2cc([N+](=O)[O-])cc(I)c2O)n1. The van der Waals surface area contributed by atoms with Crippen LogP contribution in [0.4, 0.5) is 10.8 Å². The first kappa shape index (κ1) is 14.7. The second-order valence-corrected chi connectivity index (χ2v) is 5.81. The number of nitro groups is 1. The maximum atomic E-state index is 10.8. The number of aryl methyl sites for hydroxylation is 1. The van der Waals surface area contributed by atoms with Gasteiger partial charge in [0.2, 0.25) is 5.13 Å². The van der Waals surface area contributed by atoms with Crippen molar-refractivity contribution in [3.05, 3.63) is 42.5 Å². The predicted octanol–water partition coefficient (Wildman–Crippen LogP) is 3.12. The molecule has 104 valence electrons. The summed E-state index contributed by atoms with van der Waals surface area (Å²) in [6, 6.07) is 2.56. The third-order valence-corrected chi connectivity index (χ3v) is 3.96. The van der Waals surface area contributed by atoms with Crippen LogP contribution in [0.5, 0.6) is 5.75 Å². The molecule has 7 nitrogen and oxygen atoms in total. The van der Waals surface area contributed by atoms with Crippen LogP contribution in [-0.2, 0) is 0 Å². The van der Waals surface area contributed by atoms with Gasteiger partial charge in [0.05, 0.1) is 20.4 Å². The van der Waals surface area contributed by atoms with E-state index < -0.39 is 4.92 Å². The summed E-state index contributed by atoms with van der Waals surface area (Å²) in [5, 5.41) is 27.0. The molecule has 1 aromatic carbocycles. The van der Waals surface area contributed by atoms with Gasteiger partial charge >= 0.3 is 0 Å². The number of nitrogens with one attached hydrogen (secondary N) is 1. The lowest BCUT2D eigenvalue weighted by atomic mass is 10.2. The number of thiazole rings is 1. The molecule has 0 radical (unpaired) electrons. The van der Waals surface area contributed by atoms with Crippen LogP contribution < -0.4 is 5.43 Å². The highest BCUT2D eigenvalue weighted by Gasteiger charge is 2.13. The quantitative estimate of drug-likeness (QED) is 0.353. The van der Waals surface area contributed by atoms with Crippen LogP contribution in [0.2, 0.25) is 0 Å². The number of nitrogens with zero attached hydrogens (tertiary/aromatic N) is 3. The third-order valence-electron chi connectivity index (χ3n) is 2.27. The Morgan fingerprint density at radius 3 is 2.95 bits per heavy atom. The van der Waals surface area contributed by atoms with Crippen molar-refractivity contribution in [2.24, 2.45) is 5.10 Å². The molecular formula is C11H9IN4O3S. The maximum absolute atomic E-state index is 10.8. The molecule has 1 aromatic heterocycles. The Morgan fingerprint density at radius 2 is 2.35 bits per heavy atom. The summed E-state index contributed by atoms with van der Waals surface area (Å²) in [7, 11) is 0. The maximum Gasteiger partial charge on any atom is 0.271 e. The number of nitro benzene ring substituents is 1. The van der Waals surface area contributed by atoms with Gasteiger partial charge in [-0.2, -0.15) is 5.10 Å². The minimum Gasteiger partial charge on any atom is -0.506 e. The fourth-order valence-corrected chi connectivity index (χ4v) is 2.64. The van der Waals surface area contributed by atoms with Crippen molar-refractivity contribution >= 4 is 51.0 Å². The van der Waals surface area contributed by atoms with Crippen molar-refractivity contribution in [2.45, 2.75) is 6.92 Å². The molecular weight excluding hydrogens is 395 g/mol. The zero-order chi connectivity index (χ0) is 14.7. The lowest BCUT2D eigenvalue weighted by Gasteiger charge is -2.02. The second kappa shape index (κ2) is 6.13. The van der Waals surface area contributed by atoms with Gasteiger partial charge in [-0.15, -0.1) is 11.3 Å². The van der Waals surface area contributed by atoms with E-state index in [0.29, 0.717) is 8.70 Å². The van der Waals surface area contributed by atoms with Gasteiger partial charge in [0, 0.05) is 23.1 Å². The van der Waals surface area contributed by atoms with Crippen molar-refractivity contribution in [1.29, 1.82) is 0 Å². The van der Waals surface area contributed by atoms with Gasteiger partial charge in [-0.05, 0) is 29.5 Å². The number of halogens is 1. The monoisotopic (exact) mass is 404 g/mol. The zero-order valence-electron chi connectivity index (χ0n) is 10.2. The molecule has 0 spiro atoms. The normalized spacial score (nSPS) is 10.9. The van der Waals surface area contributed by atoms with Crippen LogP contribution in [0.25, 0.3) is 0 Å². The van der Waals surface area contributed by atoms with Gasteiger partial charge in [0.25, 0.3) is 5.69 Å². The number of phenolic OH excluding ortho intramolecular Hbond substituents is 1. The predicted molar refractivity (Wildman–Crippen MR) is 85.5 cm³/mol. The van der Waals surface area contributed by atoms with Gasteiger partial charge < -0.3 is 5.11 Å². The molecule has 0 atom stereocenters. The van der Waals surface area contributed by atoms with Crippen molar-refractivity contribution in [3.63, 3.8) is 0 Å². The van der Waals surface area contributed by atoms with Gasteiger partial charge in [-0.3, -0.25) is 15.5 Å². The summed E-state index contributed by atoms with van der Waals surface area (Å²) < 4.78 is 0.392. The molecule has 0 fully saturated rings. The number of non-ortho nitro benzene ring substituents is 1. The van der Waals surface area contributed by atoms with Crippen LogP contribution in [-0.4, -0.2) is 21.2 Å². The Labute approximate surface area is 131 Å². The van der Waals surface area contributed by atoms with E-state index in [9.17, 15) is 15.2 Å². The number of anilines is 1. The molecule has 0 unspecified atom stereocenters. The summed E-state index contributed by atoms with van der Waals surface area (Å²) in [6.45, 7) is 1.86. The molecule has 0 aliphatic heterocycles. The van der Waals surface area contributed by atoms with Crippen molar-refractivity contribution in [2.75, 3.05) is 5.43 Å². The standard InChI is InChI=1S/C11H9IN4O3S/c1-6-5-20-11(14-6)15-13-4-7-2-8(16(18)19)3-9(12)10(7)17/h2-5,17H,1H3,(H,14,15). The highest BCUT2D eigenvalue weighted by atomic mass is 127. The first-order valence-corrected chi connectivity index (χ1v) is 7.31. The lowest BCUT2D eigenvalue weighted by Crippen LogP contribution is -1.95. The highest BCUT2D eigenvalue weighted by Crippen LogP contribution is 2.28. The van der Waals surface area contributed by atoms with Gasteiger partial charge in [0.1, 0.15) is 5.75 Å². The number of aromatic nitrogens is 1. The average Bonchev–Trinajstić information content (AvgIpc) is 2.80. The fraction of sp³-hybridized carbons (Fsp3) is 0.0909. The van der Waals surface area contributed by atoms with E-state index in [1.54, 1.807) is 0 Å². The summed E-state index contributed by atoms with van der Waals surface area (Å²) in [5.41, 5.74) is 3.75. The number of aromatic hydroxyl groups is 1. The molecule has 2 N–H and O–H groups in total. The molecule has 0 aliphatic rings. The Morgan fingerprint density at radius 1 is 1.60 bits per heavy atom. The van der Waals surface area contributed by atoms with E-state index in [2.05, 4.69) is 15.5 Å². The van der Waals surface area contributed by atoms with Crippen molar-refractivity contribution in [1.82, 2.24) is 4.98 Å². The number of hydrazone groups is 1. The number of hydrogen-bond acceptors (Lipinski definition) is 7. The van der Waals surface area contributed by atoms with E-state index in [1.807, 2.05) is 34.9 Å². The Hall–Kier alpha value is -1.75. The summed E-state index contributed by atoms with van der Waals surface area (Å²) >= 11 is 3.22. The second-order valence-electron chi connectivity index (χ2n) is 3.79. The molecule has 20 heavy (non-hydrogen) atoms. The molecule has 2 aromatic rings. The molecule has 0 saturated carbocycles. The number of rotatable bonds is 4. The Kier molecular flexibility index (Phi) is 4.49. The fourth-order valence-electron chi connectivity index (χ4n) is 1.37. The van der Waals surface area contributed by atoms with Crippen LogP contribution >= 0.6 is 33.9 Å². The minimum atomic E-state index is -0.517. The van der Waals surface area contributed by atoms with Crippen molar-refractivity contribution < 1.29 is 10.0 Å². The Bertz CT molecular complexity index is 686. The molecule has 0 aliphatic carbocycles. The number of hydrogen-bond donors (Lipinski definition) is 2. The van der Waals surface area contributed by atoms with Crippen LogP contribution in [0.1, 0.15) is 11.3 Å². The van der Waals surface area contributed by atoms with Gasteiger partial charge in [-0.25, -0.2) is 4.98 Å². The van der Waals surface area contributed by atoms with E-state index in [4.69, 9.17) is 0 Å². The zero-order valence-corrected chi connectivity index (χ0v) is 13.2. The number of benzene rings is 1. The highest BCUT2D eigenvalue weighted by molar-refractivity contribution is 14.1. The number of phenols is 1. The van der Waals surface area contributed by atoms with E-state index in [-0.39, 0.29) is 17.0 Å². The summed E-state index contributed by atoms with van der Waals surface area (Å²) in [4.78, 5) is 14.4. The first-order chi connectivity index (χ1) is 9.47. The molecule has 0 bridgehead atoms. The smallest absolute Gasteiger partial charge is 0.271 e. The van der Waals surface area contributed by atoms with Gasteiger partial charge in [-0.1, -0.05) is 0 Å². The minimum absolute atomic E-state index is 0.0444. The Balaban J connectivity index is 2.21. The molecule has 0 saturated heterocycles. The molecule has 0 amide bonds. The van der Waals surface area contributed by atoms with Gasteiger partial charge in [0.15, 0.2) is 0 Å². The van der Waals surface area contributed by atoms with E-state index in [0.717, 1.165) is 5.69 Å². The largest absolute Gasteiger partial charge is 0.506 e. The van der Waals surface area contributed by atoms with Crippen LogP contribution in [0.15, 0.2) is 22.6 Å². The van der Waals surface area contributed by atoms with E-state index in [1.165, 1.54) is 29.7 Å². The average molecular weight is 404 g/mol. The molecule has 9 heteroatoms. The summed E-state index contributed by atoms with van der Waals surface area (Å²) in [6.07, 6.45) is 1.32. The molecule has 2 rings (SSSR count). The third kappa shape index (κ3) is 3.42. The van der Waals surface area contributed by atoms with Crippen molar-refractivity contribution in [3.8, 4) is 5.75 Å². The summed E-state index contributed by atoms with van der Waals surface area (Å²) in [5.74, 6) is -0.0444. The first-order valence-electron chi connectivity index (χ1n) is 5.35. The van der Waals surface area contributed by atoms with Crippen LogP contribution in [0, 0.1) is 20.6 Å². The van der Waals surface area contributed by atoms with E-state index >= 15 is 0 Å².